The van der Waals surface area contributed by atoms with Gasteiger partial charge in [0.2, 0.25) is 5.88 Å². The number of carbonyl (C=O) groups excluding carboxylic acids is 1. The smallest absolute Gasteiger partial charge is 0.349 e. The van der Waals surface area contributed by atoms with E-state index in [4.69, 9.17) is 41.0 Å². The SMILES string of the molecule is COc1ccc(OCC(=O)Oc2ccc3c(c2)OC(N)=C(C#N)C3c2cccc(OCc3ccc(Cl)cc3)c2)cc1. The first-order valence-corrected chi connectivity index (χ1v) is 13.0. The van der Waals surface area contributed by atoms with Crippen LogP contribution in [0.2, 0.25) is 5.02 Å². The van der Waals surface area contributed by atoms with Gasteiger partial charge in [0, 0.05) is 16.7 Å². The third-order valence-corrected chi connectivity index (χ3v) is 6.60. The molecule has 8 nitrogen and oxygen atoms in total. The molecule has 0 saturated heterocycles. The molecule has 4 aromatic rings. The Morgan fingerprint density at radius 3 is 2.39 bits per heavy atom. The molecular formula is C32H25ClN2O6. The Morgan fingerprint density at radius 2 is 1.66 bits per heavy atom. The molecule has 0 aromatic heterocycles. The molecule has 0 bridgehead atoms. The number of rotatable bonds is 9. The van der Waals surface area contributed by atoms with E-state index in [0.29, 0.717) is 40.2 Å². The van der Waals surface area contributed by atoms with Gasteiger partial charge in [0.1, 0.15) is 47.0 Å². The number of ether oxygens (including phenoxy) is 5. The summed E-state index contributed by atoms with van der Waals surface area (Å²) in [5, 5.41) is 10.6. The van der Waals surface area contributed by atoms with Gasteiger partial charge in [-0.1, -0.05) is 41.9 Å². The molecular weight excluding hydrogens is 544 g/mol. The highest BCUT2D eigenvalue weighted by Gasteiger charge is 2.31. The first kappa shape index (κ1) is 27.4. The average Bonchev–Trinajstić information content (AvgIpc) is 2.99. The zero-order valence-corrected chi connectivity index (χ0v) is 22.8. The van der Waals surface area contributed by atoms with Crippen molar-refractivity contribution in [1.29, 1.82) is 5.26 Å². The Kier molecular flexibility index (Phi) is 8.28. The number of benzene rings is 4. The highest BCUT2D eigenvalue weighted by molar-refractivity contribution is 6.30. The molecule has 0 spiro atoms. The van der Waals surface area contributed by atoms with Crippen LogP contribution in [-0.2, 0) is 11.4 Å². The second-order valence-electron chi connectivity index (χ2n) is 9.05. The summed E-state index contributed by atoms with van der Waals surface area (Å²) >= 11 is 5.97. The fraction of sp³-hybridized carbons (Fsp3) is 0.125. The number of hydrogen-bond acceptors (Lipinski definition) is 8. The van der Waals surface area contributed by atoms with Gasteiger partial charge < -0.3 is 29.4 Å². The summed E-state index contributed by atoms with van der Waals surface area (Å²) < 4.78 is 27.8. The van der Waals surface area contributed by atoms with E-state index < -0.39 is 11.9 Å². The van der Waals surface area contributed by atoms with Crippen molar-refractivity contribution in [3.8, 4) is 34.8 Å². The van der Waals surface area contributed by atoms with E-state index in [0.717, 1.165) is 11.1 Å². The number of allylic oxidation sites excluding steroid dienone is 1. The van der Waals surface area contributed by atoms with Crippen molar-refractivity contribution in [3.63, 3.8) is 0 Å². The average molecular weight is 569 g/mol. The molecule has 5 rings (SSSR count). The summed E-state index contributed by atoms with van der Waals surface area (Å²) in [6, 6.07) is 28.8. The van der Waals surface area contributed by atoms with Gasteiger partial charge in [-0.2, -0.15) is 5.26 Å². The molecule has 1 aliphatic rings. The number of carbonyl (C=O) groups is 1. The number of fused-ring (bicyclic) bond motifs is 1. The minimum Gasteiger partial charge on any atom is -0.497 e. The van der Waals surface area contributed by atoms with Crippen molar-refractivity contribution < 1.29 is 28.5 Å². The van der Waals surface area contributed by atoms with E-state index in [1.54, 1.807) is 49.6 Å². The van der Waals surface area contributed by atoms with Crippen LogP contribution in [0.5, 0.6) is 28.7 Å². The molecule has 1 heterocycles. The maximum absolute atomic E-state index is 12.4. The number of nitrogens with two attached hydrogens (primary N) is 1. The molecule has 1 atom stereocenters. The molecule has 4 aromatic carbocycles. The van der Waals surface area contributed by atoms with Gasteiger partial charge in [-0.25, -0.2) is 4.79 Å². The number of methoxy groups -OCH3 is 1. The van der Waals surface area contributed by atoms with Crippen LogP contribution >= 0.6 is 11.6 Å². The third-order valence-electron chi connectivity index (χ3n) is 6.35. The van der Waals surface area contributed by atoms with Gasteiger partial charge in [0.05, 0.1) is 13.0 Å². The van der Waals surface area contributed by atoms with Crippen LogP contribution in [0.25, 0.3) is 0 Å². The van der Waals surface area contributed by atoms with Crippen LogP contribution in [0.15, 0.2) is 102 Å². The van der Waals surface area contributed by atoms with Gasteiger partial charge in [-0.3, -0.25) is 0 Å². The molecule has 41 heavy (non-hydrogen) atoms. The summed E-state index contributed by atoms with van der Waals surface area (Å²) in [6.07, 6.45) is 0. The van der Waals surface area contributed by atoms with Gasteiger partial charge in [0.25, 0.3) is 0 Å². The predicted molar refractivity (Wildman–Crippen MR) is 152 cm³/mol. The number of esters is 1. The van der Waals surface area contributed by atoms with Crippen molar-refractivity contribution in [3.05, 3.63) is 124 Å². The fourth-order valence-electron chi connectivity index (χ4n) is 4.35. The molecule has 1 aliphatic heterocycles. The molecule has 1 unspecified atom stereocenters. The normalized spacial score (nSPS) is 13.8. The highest BCUT2D eigenvalue weighted by Crippen LogP contribution is 2.44. The molecule has 0 amide bonds. The van der Waals surface area contributed by atoms with E-state index in [1.807, 2.05) is 48.5 Å². The second kappa shape index (κ2) is 12.4. The Bertz CT molecular complexity index is 1630. The van der Waals surface area contributed by atoms with E-state index in [2.05, 4.69) is 6.07 Å². The molecule has 206 valence electrons. The minimum absolute atomic E-state index is 0.0243. The van der Waals surface area contributed by atoms with Crippen molar-refractivity contribution >= 4 is 17.6 Å². The summed E-state index contributed by atoms with van der Waals surface area (Å²) in [5.74, 6) is 1.30. The van der Waals surface area contributed by atoms with Gasteiger partial charge >= 0.3 is 5.97 Å². The first-order chi connectivity index (χ1) is 19.9. The Balaban J connectivity index is 1.31. The lowest BCUT2D eigenvalue weighted by Gasteiger charge is -2.27. The van der Waals surface area contributed by atoms with E-state index in [9.17, 15) is 10.1 Å². The zero-order chi connectivity index (χ0) is 28.8. The quantitative estimate of drug-likeness (QED) is 0.189. The Hall–Kier alpha value is -5.13. The van der Waals surface area contributed by atoms with E-state index >= 15 is 0 Å². The van der Waals surface area contributed by atoms with Crippen LogP contribution in [0.1, 0.15) is 22.6 Å². The number of nitriles is 1. The van der Waals surface area contributed by atoms with Crippen LogP contribution < -0.4 is 29.4 Å². The first-order valence-electron chi connectivity index (χ1n) is 12.6. The Morgan fingerprint density at radius 1 is 0.927 bits per heavy atom. The van der Waals surface area contributed by atoms with Crippen molar-refractivity contribution in [2.45, 2.75) is 12.5 Å². The van der Waals surface area contributed by atoms with Crippen LogP contribution in [0, 0.1) is 11.3 Å². The maximum Gasteiger partial charge on any atom is 0.349 e. The number of halogens is 1. The third kappa shape index (κ3) is 6.55. The topological polar surface area (TPSA) is 113 Å². The summed E-state index contributed by atoms with van der Waals surface area (Å²) in [4.78, 5) is 12.4. The Labute approximate surface area is 242 Å². The number of hydrogen-bond donors (Lipinski definition) is 1. The maximum atomic E-state index is 12.4. The monoisotopic (exact) mass is 568 g/mol. The van der Waals surface area contributed by atoms with Gasteiger partial charge in [-0.05, 0) is 65.7 Å². The van der Waals surface area contributed by atoms with Gasteiger partial charge in [0.15, 0.2) is 6.61 Å². The molecule has 9 heteroatoms. The van der Waals surface area contributed by atoms with E-state index in [1.165, 1.54) is 0 Å². The van der Waals surface area contributed by atoms with E-state index in [-0.39, 0.29) is 23.8 Å². The second-order valence-corrected chi connectivity index (χ2v) is 9.49. The molecule has 0 aliphatic carbocycles. The molecule has 0 saturated carbocycles. The zero-order valence-electron chi connectivity index (χ0n) is 22.0. The van der Waals surface area contributed by atoms with Crippen LogP contribution in [0.3, 0.4) is 0 Å². The van der Waals surface area contributed by atoms with Crippen molar-refractivity contribution in [1.82, 2.24) is 0 Å². The molecule has 0 fully saturated rings. The lowest BCUT2D eigenvalue weighted by atomic mass is 9.83. The molecule has 0 radical (unpaired) electrons. The highest BCUT2D eigenvalue weighted by atomic mass is 35.5. The largest absolute Gasteiger partial charge is 0.497 e. The summed E-state index contributed by atoms with van der Waals surface area (Å²) in [5.41, 5.74) is 8.88. The van der Waals surface area contributed by atoms with Crippen molar-refractivity contribution in [2.75, 3.05) is 13.7 Å². The number of nitrogens with zero attached hydrogens (tertiary/aromatic N) is 1. The van der Waals surface area contributed by atoms with Crippen LogP contribution in [-0.4, -0.2) is 19.7 Å². The lowest BCUT2D eigenvalue weighted by molar-refractivity contribution is -0.136. The minimum atomic E-state index is -0.597. The summed E-state index contributed by atoms with van der Waals surface area (Å²) in [6.45, 7) is 0.0569. The van der Waals surface area contributed by atoms with Crippen molar-refractivity contribution in [2.24, 2.45) is 5.73 Å². The molecule has 2 N–H and O–H groups in total. The lowest BCUT2D eigenvalue weighted by Crippen LogP contribution is -2.21. The van der Waals surface area contributed by atoms with Crippen LogP contribution in [0.4, 0.5) is 0 Å². The fourth-order valence-corrected chi connectivity index (χ4v) is 4.47. The standard InChI is InChI=1S/C32H25ClN2O6/c1-37-23-9-11-24(12-10-23)39-19-30(36)40-26-13-14-27-29(16-26)41-32(35)28(17-34)31(27)21-3-2-4-25(15-21)38-18-20-5-7-22(33)8-6-20/h2-16,31H,18-19,35H2,1H3. The summed E-state index contributed by atoms with van der Waals surface area (Å²) in [7, 11) is 1.57. The predicted octanol–water partition coefficient (Wildman–Crippen LogP) is 6.13. The van der Waals surface area contributed by atoms with Gasteiger partial charge in [-0.15, -0.1) is 0 Å².